The zero-order chi connectivity index (χ0) is 9.30. The summed E-state index contributed by atoms with van der Waals surface area (Å²) >= 11 is 8.02. The minimum Gasteiger partial charge on any atom is -0.507 e. The molecule has 0 aliphatic rings. The van der Waals surface area contributed by atoms with E-state index in [0.29, 0.717) is 10.9 Å². The van der Waals surface area contributed by atoms with Gasteiger partial charge in [-0.3, -0.25) is 0 Å². The summed E-state index contributed by atoms with van der Waals surface area (Å²) in [5.74, 6) is 0.650. The van der Waals surface area contributed by atoms with Crippen LogP contribution in [0.15, 0.2) is 12.1 Å². The largest absolute Gasteiger partial charge is 0.507 e. The molecular formula is C9H10ClIO. The predicted octanol–water partition coefficient (Wildman–Crippen LogP) is 3.77. The molecule has 1 N–H and O–H groups in total. The summed E-state index contributed by atoms with van der Waals surface area (Å²) in [6.07, 6.45) is 0. The molecule has 0 spiro atoms. The molecule has 1 nitrogen and oxygen atoms in total. The van der Waals surface area contributed by atoms with Crippen molar-refractivity contribution < 1.29 is 5.11 Å². The van der Waals surface area contributed by atoms with Crippen molar-refractivity contribution in [2.45, 2.75) is 19.8 Å². The summed E-state index contributed by atoms with van der Waals surface area (Å²) in [6.45, 7) is 4.16. The highest BCUT2D eigenvalue weighted by atomic mass is 127. The summed E-state index contributed by atoms with van der Waals surface area (Å²) in [7, 11) is 0. The second-order valence-corrected chi connectivity index (χ2v) is 4.55. The van der Waals surface area contributed by atoms with Crippen LogP contribution in [0.4, 0.5) is 0 Å². The Hall–Kier alpha value is 0.0400. The fraction of sp³-hybridized carbons (Fsp3) is 0.333. The normalized spacial score (nSPS) is 10.8. The maximum absolute atomic E-state index is 9.31. The van der Waals surface area contributed by atoms with Gasteiger partial charge in [-0.1, -0.05) is 25.4 Å². The average Bonchev–Trinajstić information content (AvgIpc) is 1.96. The first-order chi connectivity index (χ1) is 5.52. The van der Waals surface area contributed by atoms with Crippen LogP contribution in [0.5, 0.6) is 5.75 Å². The molecule has 0 atom stereocenters. The van der Waals surface area contributed by atoms with E-state index < -0.39 is 0 Å². The Kier molecular flexibility index (Phi) is 3.23. The number of hydrogen-bond acceptors (Lipinski definition) is 1. The van der Waals surface area contributed by atoms with Crippen molar-refractivity contribution in [1.82, 2.24) is 0 Å². The van der Waals surface area contributed by atoms with E-state index in [2.05, 4.69) is 36.4 Å². The Morgan fingerprint density at radius 3 is 2.50 bits per heavy atom. The topological polar surface area (TPSA) is 20.2 Å². The van der Waals surface area contributed by atoms with Crippen LogP contribution in [0.25, 0.3) is 0 Å². The van der Waals surface area contributed by atoms with Gasteiger partial charge in [-0.05, 0) is 46.2 Å². The molecule has 1 aromatic carbocycles. The fourth-order valence-corrected chi connectivity index (χ4v) is 1.86. The molecule has 0 aliphatic carbocycles. The summed E-state index contributed by atoms with van der Waals surface area (Å²) in [5, 5.41) is 9.96. The highest BCUT2D eigenvalue weighted by Crippen LogP contribution is 2.31. The molecule has 0 fully saturated rings. The van der Waals surface area contributed by atoms with E-state index in [1.54, 1.807) is 6.07 Å². The summed E-state index contributed by atoms with van der Waals surface area (Å²) in [4.78, 5) is 0. The maximum Gasteiger partial charge on any atom is 0.130 e. The second kappa shape index (κ2) is 3.83. The third-order valence-corrected chi connectivity index (χ3v) is 2.88. The van der Waals surface area contributed by atoms with Gasteiger partial charge < -0.3 is 5.11 Å². The van der Waals surface area contributed by atoms with Crippen molar-refractivity contribution >= 4 is 34.2 Å². The standard InChI is InChI=1S/C9H10ClIO/c1-5(2)6-3-8(11)9(12)4-7(6)10/h3-5,12H,1-2H3. The van der Waals surface area contributed by atoms with Crippen molar-refractivity contribution in [3.8, 4) is 5.75 Å². The van der Waals surface area contributed by atoms with Crippen LogP contribution in [0.3, 0.4) is 0 Å². The molecule has 0 bridgehead atoms. The van der Waals surface area contributed by atoms with Crippen LogP contribution in [-0.2, 0) is 0 Å². The van der Waals surface area contributed by atoms with Crippen molar-refractivity contribution in [3.63, 3.8) is 0 Å². The Bertz CT molecular complexity index is 297. The van der Waals surface area contributed by atoms with E-state index in [1.165, 1.54) is 0 Å². The van der Waals surface area contributed by atoms with Crippen LogP contribution in [0.1, 0.15) is 25.3 Å². The lowest BCUT2D eigenvalue weighted by Gasteiger charge is -2.09. The Morgan fingerprint density at radius 1 is 1.42 bits per heavy atom. The first-order valence-electron chi connectivity index (χ1n) is 3.70. The number of rotatable bonds is 1. The molecule has 0 heterocycles. The van der Waals surface area contributed by atoms with Crippen LogP contribution >= 0.6 is 34.2 Å². The summed E-state index contributed by atoms with van der Waals surface area (Å²) in [6, 6.07) is 3.52. The van der Waals surface area contributed by atoms with Gasteiger partial charge in [0.15, 0.2) is 0 Å². The van der Waals surface area contributed by atoms with Crippen LogP contribution < -0.4 is 0 Å². The maximum atomic E-state index is 9.31. The molecule has 1 aromatic rings. The Balaban J connectivity index is 3.23. The fourth-order valence-electron chi connectivity index (χ4n) is 0.994. The van der Waals surface area contributed by atoms with Crippen molar-refractivity contribution in [2.24, 2.45) is 0 Å². The van der Waals surface area contributed by atoms with E-state index in [0.717, 1.165) is 9.13 Å². The summed E-state index contributed by atoms with van der Waals surface area (Å²) < 4.78 is 0.848. The highest BCUT2D eigenvalue weighted by molar-refractivity contribution is 14.1. The van der Waals surface area contributed by atoms with E-state index in [9.17, 15) is 5.11 Å². The lowest BCUT2D eigenvalue weighted by Crippen LogP contribution is -1.89. The third kappa shape index (κ3) is 2.04. The molecule has 0 radical (unpaired) electrons. The van der Waals surface area contributed by atoms with Gasteiger partial charge in [-0.25, -0.2) is 0 Å². The van der Waals surface area contributed by atoms with Gasteiger partial charge in [0, 0.05) is 5.02 Å². The Morgan fingerprint density at radius 2 is 2.00 bits per heavy atom. The van der Waals surface area contributed by atoms with Crippen LogP contribution in [-0.4, -0.2) is 5.11 Å². The first-order valence-corrected chi connectivity index (χ1v) is 5.16. The lowest BCUT2D eigenvalue weighted by molar-refractivity contribution is 0.471. The predicted molar refractivity (Wildman–Crippen MR) is 59.9 cm³/mol. The number of phenols is 1. The van der Waals surface area contributed by atoms with E-state index in [1.807, 2.05) is 6.07 Å². The monoisotopic (exact) mass is 296 g/mol. The molecule has 0 amide bonds. The lowest BCUT2D eigenvalue weighted by atomic mass is 10.0. The summed E-state index contributed by atoms with van der Waals surface area (Å²) in [5.41, 5.74) is 1.08. The molecule has 12 heavy (non-hydrogen) atoms. The molecule has 66 valence electrons. The second-order valence-electron chi connectivity index (χ2n) is 2.98. The Labute approximate surface area is 90.9 Å². The number of halogens is 2. The van der Waals surface area contributed by atoms with Crippen molar-refractivity contribution in [2.75, 3.05) is 0 Å². The zero-order valence-electron chi connectivity index (χ0n) is 6.94. The molecule has 3 heteroatoms. The van der Waals surface area contributed by atoms with Crippen LogP contribution in [0.2, 0.25) is 5.02 Å². The number of aromatic hydroxyl groups is 1. The minimum atomic E-state index is 0.255. The third-order valence-electron chi connectivity index (χ3n) is 1.69. The van der Waals surface area contributed by atoms with Gasteiger partial charge in [-0.2, -0.15) is 0 Å². The molecule has 1 rings (SSSR count). The first kappa shape index (κ1) is 10.1. The van der Waals surface area contributed by atoms with Crippen LogP contribution in [0, 0.1) is 3.57 Å². The molecule has 0 saturated heterocycles. The van der Waals surface area contributed by atoms with Gasteiger partial charge in [0.1, 0.15) is 5.75 Å². The van der Waals surface area contributed by atoms with Gasteiger partial charge in [-0.15, -0.1) is 0 Å². The van der Waals surface area contributed by atoms with Crippen molar-refractivity contribution in [3.05, 3.63) is 26.3 Å². The molecule has 0 saturated carbocycles. The van der Waals surface area contributed by atoms with E-state index in [-0.39, 0.29) is 5.75 Å². The number of phenolic OH excluding ortho intramolecular Hbond substituents is 1. The molecular weight excluding hydrogens is 286 g/mol. The van der Waals surface area contributed by atoms with Gasteiger partial charge >= 0.3 is 0 Å². The van der Waals surface area contributed by atoms with Gasteiger partial charge in [0.05, 0.1) is 3.57 Å². The van der Waals surface area contributed by atoms with E-state index in [4.69, 9.17) is 11.6 Å². The molecule has 0 aliphatic heterocycles. The highest BCUT2D eigenvalue weighted by Gasteiger charge is 2.08. The minimum absolute atomic E-state index is 0.255. The van der Waals surface area contributed by atoms with Gasteiger partial charge in [0.2, 0.25) is 0 Å². The molecule has 0 unspecified atom stereocenters. The van der Waals surface area contributed by atoms with Crippen molar-refractivity contribution in [1.29, 1.82) is 0 Å². The molecule has 0 aromatic heterocycles. The smallest absolute Gasteiger partial charge is 0.130 e. The number of hydrogen-bond donors (Lipinski definition) is 1. The quantitative estimate of drug-likeness (QED) is 0.782. The SMILES string of the molecule is CC(C)c1cc(I)c(O)cc1Cl. The number of benzene rings is 1. The zero-order valence-corrected chi connectivity index (χ0v) is 9.85. The van der Waals surface area contributed by atoms with Gasteiger partial charge in [0.25, 0.3) is 0 Å². The van der Waals surface area contributed by atoms with E-state index >= 15 is 0 Å². The average molecular weight is 297 g/mol.